The summed E-state index contributed by atoms with van der Waals surface area (Å²) >= 11 is 0. The van der Waals surface area contributed by atoms with Crippen molar-refractivity contribution >= 4 is 12.0 Å². The minimum Gasteiger partial charge on any atom is -0.368 e. The third-order valence-electron chi connectivity index (χ3n) is 2.61. The lowest BCUT2D eigenvalue weighted by atomic mass is 9.95. The molecule has 1 aliphatic rings. The number of hydrogen-bond acceptors (Lipinski definition) is 5. The summed E-state index contributed by atoms with van der Waals surface area (Å²) in [6.45, 7) is 7.40. The van der Waals surface area contributed by atoms with Crippen LogP contribution in [0.15, 0.2) is 12.4 Å². The standard InChI is InChI=1S/C12H19N5/c1-12(2,3)7-17-5-4-8-6-15-11(14)16-9(8)10(17)13/h4-6,10H,7,13H2,1-3H3,(H2,14,15,16). The molecule has 1 unspecified atom stereocenters. The van der Waals surface area contributed by atoms with Crippen LogP contribution < -0.4 is 11.5 Å². The van der Waals surface area contributed by atoms with Crippen LogP contribution in [0.1, 0.15) is 38.2 Å². The van der Waals surface area contributed by atoms with E-state index in [1.165, 1.54) is 0 Å². The second-order valence-electron chi connectivity index (χ2n) is 5.56. The van der Waals surface area contributed by atoms with Gasteiger partial charge in [0.05, 0.1) is 5.69 Å². The van der Waals surface area contributed by atoms with Gasteiger partial charge in [-0.2, -0.15) is 0 Å². The van der Waals surface area contributed by atoms with E-state index < -0.39 is 0 Å². The SMILES string of the molecule is CC(C)(C)CN1C=Cc2cnc(N)nc2C1N. The Morgan fingerprint density at radius 1 is 1.41 bits per heavy atom. The Morgan fingerprint density at radius 2 is 2.12 bits per heavy atom. The molecule has 0 bridgehead atoms. The van der Waals surface area contributed by atoms with Crippen molar-refractivity contribution in [1.29, 1.82) is 0 Å². The minimum absolute atomic E-state index is 0.179. The molecule has 92 valence electrons. The molecule has 0 saturated carbocycles. The molecule has 0 aliphatic carbocycles. The van der Waals surface area contributed by atoms with Gasteiger partial charge in [0, 0.05) is 24.5 Å². The van der Waals surface area contributed by atoms with Gasteiger partial charge in [-0.25, -0.2) is 9.97 Å². The molecule has 4 N–H and O–H groups in total. The van der Waals surface area contributed by atoms with Gasteiger partial charge in [-0.15, -0.1) is 0 Å². The van der Waals surface area contributed by atoms with Crippen LogP contribution in [0.25, 0.3) is 6.08 Å². The van der Waals surface area contributed by atoms with E-state index in [1.54, 1.807) is 6.20 Å². The lowest BCUT2D eigenvalue weighted by Crippen LogP contribution is -2.38. The maximum Gasteiger partial charge on any atom is 0.220 e. The average molecular weight is 233 g/mol. The number of nitrogens with two attached hydrogens (primary N) is 2. The highest BCUT2D eigenvalue weighted by molar-refractivity contribution is 5.54. The summed E-state index contributed by atoms with van der Waals surface area (Å²) in [6.07, 6.45) is 5.43. The number of rotatable bonds is 1. The molecule has 0 radical (unpaired) electrons. The summed E-state index contributed by atoms with van der Waals surface area (Å²) in [7, 11) is 0. The highest BCUT2D eigenvalue weighted by Gasteiger charge is 2.25. The zero-order chi connectivity index (χ0) is 12.6. The molecule has 1 aromatic heterocycles. The number of anilines is 1. The van der Waals surface area contributed by atoms with Crippen LogP contribution in [-0.4, -0.2) is 21.4 Å². The van der Waals surface area contributed by atoms with E-state index in [2.05, 4.69) is 35.6 Å². The predicted octanol–water partition coefficient (Wildman–Crippen LogP) is 1.35. The fourth-order valence-electron chi connectivity index (χ4n) is 1.91. The largest absolute Gasteiger partial charge is 0.368 e. The fourth-order valence-corrected chi connectivity index (χ4v) is 1.91. The molecule has 17 heavy (non-hydrogen) atoms. The van der Waals surface area contributed by atoms with Gasteiger partial charge in [-0.05, 0) is 11.5 Å². The molecule has 0 fully saturated rings. The first-order valence-electron chi connectivity index (χ1n) is 5.69. The summed E-state index contributed by atoms with van der Waals surface area (Å²) < 4.78 is 0. The van der Waals surface area contributed by atoms with Crippen molar-refractivity contribution in [3.63, 3.8) is 0 Å². The maximum absolute atomic E-state index is 6.20. The molecule has 0 amide bonds. The van der Waals surface area contributed by atoms with Crippen molar-refractivity contribution in [2.24, 2.45) is 11.1 Å². The Bertz CT molecular complexity index is 447. The van der Waals surface area contributed by atoms with Crippen LogP contribution in [0, 0.1) is 5.41 Å². The van der Waals surface area contributed by atoms with Crippen LogP contribution in [0.5, 0.6) is 0 Å². The van der Waals surface area contributed by atoms with E-state index in [-0.39, 0.29) is 17.5 Å². The molecular weight excluding hydrogens is 214 g/mol. The van der Waals surface area contributed by atoms with Crippen LogP contribution in [0.3, 0.4) is 0 Å². The third kappa shape index (κ3) is 2.55. The molecule has 1 aromatic rings. The molecule has 0 saturated heterocycles. The van der Waals surface area contributed by atoms with E-state index in [1.807, 2.05) is 12.3 Å². The second kappa shape index (κ2) is 4.00. The van der Waals surface area contributed by atoms with Gasteiger partial charge in [0.2, 0.25) is 5.95 Å². The van der Waals surface area contributed by atoms with E-state index in [0.717, 1.165) is 17.8 Å². The van der Waals surface area contributed by atoms with Crippen LogP contribution in [0.4, 0.5) is 5.95 Å². The normalized spacial score (nSPS) is 19.3. The topological polar surface area (TPSA) is 81.1 Å². The first kappa shape index (κ1) is 11.9. The Labute approximate surface area is 102 Å². The lowest BCUT2D eigenvalue weighted by molar-refractivity contribution is 0.196. The van der Waals surface area contributed by atoms with E-state index in [4.69, 9.17) is 11.5 Å². The Balaban J connectivity index is 2.29. The van der Waals surface area contributed by atoms with Crippen molar-refractivity contribution in [3.05, 3.63) is 23.7 Å². The molecule has 2 rings (SSSR count). The highest BCUT2D eigenvalue weighted by atomic mass is 15.2. The Morgan fingerprint density at radius 3 is 2.76 bits per heavy atom. The second-order valence-corrected chi connectivity index (χ2v) is 5.56. The maximum atomic E-state index is 6.20. The highest BCUT2D eigenvalue weighted by Crippen LogP contribution is 2.28. The molecule has 0 aromatic carbocycles. The van der Waals surface area contributed by atoms with E-state index >= 15 is 0 Å². The first-order valence-corrected chi connectivity index (χ1v) is 5.69. The van der Waals surface area contributed by atoms with Gasteiger partial charge in [0.25, 0.3) is 0 Å². The quantitative estimate of drug-likeness (QED) is 0.765. The summed E-state index contributed by atoms with van der Waals surface area (Å²) in [6, 6.07) is 0. The van der Waals surface area contributed by atoms with Crippen molar-refractivity contribution in [1.82, 2.24) is 14.9 Å². The van der Waals surface area contributed by atoms with Crippen LogP contribution >= 0.6 is 0 Å². The summed E-state index contributed by atoms with van der Waals surface area (Å²) in [5, 5.41) is 0. The van der Waals surface area contributed by atoms with Crippen molar-refractivity contribution in [2.45, 2.75) is 26.9 Å². The van der Waals surface area contributed by atoms with Crippen molar-refractivity contribution in [2.75, 3.05) is 12.3 Å². The van der Waals surface area contributed by atoms with Gasteiger partial charge < -0.3 is 16.4 Å². The van der Waals surface area contributed by atoms with Crippen molar-refractivity contribution in [3.8, 4) is 0 Å². The zero-order valence-electron chi connectivity index (χ0n) is 10.5. The molecule has 0 spiro atoms. The summed E-state index contributed by atoms with van der Waals surface area (Å²) in [5.41, 5.74) is 13.7. The van der Waals surface area contributed by atoms with Gasteiger partial charge in [0.15, 0.2) is 0 Å². The number of aromatic nitrogens is 2. The van der Waals surface area contributed by atoms with Gasteiger partial charge >= 0.3 is 0 Å². The average Bonchev–Trinajstić information content (AvgIpc) is 2.21. The van der Waals surface area contributed by atoms with Crippen molar-refractivity contribution < 1.29 is 0 Å². The van der Waals surface area contributed by atoms with E-state index in [0.29, 0.717) is 0 Å². The third-order valence-corrected chi connectivity index (χ3v) is 2.61. The Hall–Kier alpha value is -1.62. The number of nitrogen functional groups attached to an aromatic ring is 1. The lowest BCUT2D eigenvalue weighted by Gasteiger charge is -2.35. The molecule has 1 atom stereocenters. The molecular formula is C12H19N5. The molecule has 5 heteroatoms. The van der Waals surface area contributed by atoms with Crippen LogP contribution in [0.2, 0.25) is 0 Å². The number of nitrogens with zero attached hydrogens (tertiary/aromatic N) is 3. The van der Waals surface area contributed by atoms with Gasteiger partial charge in [0.1, 0.15) is 6.17 Å². The number of fused-ring (bicyclic) bond motifs is 1. The van der Waals surface area contributed by atoms with Gasteiger partial charge in [-0.1, -0.05) is 20.8 Å². The summed E-state index contributed by atoms with van der Waals surface area (Å²) in [4.78, 5) is 10.3. The first-order chi connectivity index (χ1) is 7.87. The van der Waals surface area contributed by atoms with E-state index in [9.17, 15) is 0 Å². The fraction of sp³-hybridized carbons (Fsp3) is 0.500. The minimum atomic E-state index is -0.250. The smallest absolute Gasteiger partial charge is 0.220 e. The summed E-state index contributed by atoms with van der Waals surface area (Å²) in [5.74, 6) is 0.269. The monoisotopic (exact) mass is 233 g/mol. The molecule has 5 nitrogen and oxygen atoms in total. The Kier molecular flexibility index (Phi) is 2.79. The van der Waals surface area contributed by atoms with Crippen LogP contribution in [-0.2, 0) is 0 Å². The number of hydrogen-bond donors (Lipinski definition) is 2. The zero-order valence-corrected chi connectivity index (χ0v) is 10.5. The molecule has 2 heterocycles. The van der Waals surface area contributed by atoms with Gasteiger partial charge in [-0.3, -0.25) is 0 Å². The predicted molar refractivity (Wildman–Crippen MR) is 68.6 cm³/mol. The molecule has 1 aliphatic heterocycles.